The van der Waals surface area contributed by atoms with Gasteiger partial charge in [-0.3, -0.25) is 4.79 Å². The number of thiazole rings is 1. The Morgan fingerprint density at radius 3 is 2.55 bits per heavy atom. The number of thiophene rings is 1. The van der Waals surface area contributed by atoms with Crippen LogP contribution in [-0.4, -0.2) is 23.3 Å². The van der Waals surface area contributed by atoms with Crippen LogP contribution >= 0.6 is 54.5 Å². The Hall–Kier alpha value is -0.570. The summed E-state index contributed by atoms with van der Waals surface area (Å²) in [6, 6.07) is 1.90. The molecule has 0 aliphatic carbocycles. The largest absolute Gasteiger partial charge is 0.461 e. The number of esters is 1. The van der Waals surface area contributed by atoms with Gasteiger partial charge in [0.2, 0.25) is 0 Å². The number of hydrogen-bond donors (Lipinski definition) is 0. The molecule has 0 unspecified atom stereocenters. The number of carbonyl (C=O) groups excluding carboxylic acids is 2. The minimum atomic E-state index is -0.560. The van der Waals surface area contributed by atoms with E-state index >= 15 is 0 Å². The molecule has 2 rings (SSSR count). The number of Topliss-reactive ketones (excluding diaryl/α,β-unsaturated/α-hetero) is 1. The SMILES string of the molecule is CCOC(=O)c1nc(-c2cc(Br)c(Br)s2)sc1C(C)=O. The first-order valence-corrected chi connectivity index (χ1v) is 8.80. The lowest BCUT2D eigenvalue weighted by Gasteiger charge is -1.98. The van der Waals surface area contributed by atoms with Crippen LogP contribution < -0.4 is 0 Å². The Bertz CT molecular complexity index is 659. The summed E-state index contributed by atoms with van der Waals surface area (Å²) in [4.78, 5) is 29.0. The van der Waals surface area contributed by atoms with Crippen molar-refractivity contribution in [1.82, 2.24) is 4.98 Å². The molecule has 0 saturated heterocycles. The molecule has 2 aromatic rings. The lowest BCUT2D eigenvalue weighted by atomic mass is 10.3. The summed E-state index contributed by atoms with van der Waals surface area (Å²) in [6.07, 6.45) is 0. The molecular formula is C12H9Br2NO3S2. The van der Waals surface area contributed by atoms with Gasteiger partial charge >= 0.3 is 5.97 Å². The zero-order chi connectivity index (χ0) is 14.9. The predicted molar refractivity (Wildman–Crippen MR) is 86.8 cm³/mol. The molecule has 4 nitrogen and oxygen atoms in total. The highest BCUT2D eigenvalue weighted by Crippen LogP contribution is 2.40. The van der Waals surface area contributed by atoms with E-state index in [0.29, 0.717) is 9.88 Å². The Balaban J connectivity index is 2.49. The van der Waals surface area contributed by atoms with Crippen molar-refractivity contribution < 1.29 is 14.3 Å². The van der Waals surface area contributed by atoms with E-state index in [1.54, 1.807) is 6.92 Å². The number of halogens is 2. The summed E-state index contributed by atoms with van der Waals surface area (Å²) in [5.74, 6) is -0.749. The lowest BCUT2D eigenvalue weighted by molar-refractivity contribution is 0.0517. The first-order chi connectivity index (χ1) is 9.43. The van der Waals surface area contributed by atoms with Crippen molar-refractivity contribution in [3.63, 3.8) is 0 Å². The van der Waals surface area contributed by atoms with Gasteiger partial charge in [0.25, 0.3) is 0 Å². The number of rotatable bonds is 4. The third-order valence-corrected chi connectivity index (χ3v) is 6.85. The Morgan fingerprint density at radius 2 is 2.05 bits per heavy atom. The van der Waals surface area contributed by atoms with Crippen LogP contribution in [0.2, 0.25) is 0 Å². The van der Waals surface area contributed by atoms with Crippen molar-refractivity contribution in [2.24, 2.45) is 0 Å². The van der Waals surface area contributed by atoms with E-state index in [9.17, 15) is 9.59 Å². The zero-order valence-electron chi connectivity index (χ0n) is 10.5. The van der Waals surface area contributed by atoms with Crippen LogP contribution in [0.4, 0.5) is 0 Å². The summed E-state index contributed by atoms with van der Waals surface area (Å²) in [7, 11) is 0. The molecule has 0 aromatic carbocycles. The molecule has 0 atom stereocenters. The van der Waals surface area contributed by atoms with Gasteiger partial charge in [-0.05, 0) is 44.8 Å². The molecule has 0 aliphatic heterocycles. The first-order valence-electron chi connectivity index (χ1n) is 5.58. The average molecular weight is 439 g/mol. The topological polar surface area (TPSA) is 56.3 Å². The number of ketones is 1. The molecule has 0 bridgehead atoms. The van der Waals surface area contributed by atoms with Gasteiger partial charge in [-0.15, -0.1) is 22.7 Å². The fraction of sp³-hybridized carbons (Fsp3) is 0.250. The fourth-order valence-electron chi connectivity index (χ4n) is 1.45. The molecule has 2 heterocycles. The van der Waals surface area contributed by atoms with Crippen molar-refractivity contribution in [2.75, 3.05) is 6.61 Å². The highest BCUT2D eigenvalue weighted by molar-refractivity contribution is 9.13. The second-order valence-corrected chi connectivity index (χ2v) is 7.93. The predicted octanol–water partition coefficient (Wildman–Crippen LogP) is 4.78. The Morgan fingerprint density at radius 1 is 1.35 bits per heavy atom. The van der Waals surface area contributed by atoms with Crippen LogP contribution in [0.3, 0.4) is 0 Å². The number of ether oxygens (including phenoxy) is 1. The summed E-state index contributed by atoms with van der Waals surface area (Å²) < 4.78 is 6.78. The van der Waals surface area contributed by atoms with Crippen molar-refractivity contribution in [3.8, 4) is 9.88 Å². The molecule has 0 aliphatic rings. The second-order valence-electron chi connectivity index (χ2n) is 3.71. The quantitative estimate of drug-likeness (QED) is 0.509. The third kappa shape index (κ3) is 3.19. The van der Waals surface area contributed by atoms with Crippen LogP contribution in [0.5, 0.6) is 0 Å². The third-order valence-electron chi connectivity index (χ3n) is 2.27. The van der Waals surface area contributed by atoms with Gasteiger partial charge in [0.1, 0.15) is 9.88 Å². The minimum Gasteiger partial charge on any atom is -0.461 e. The van der Waals surface area contributed by atoms with Gasteiger partial charge in [-0.1, -0.05) is 0 Å². The van der Waals surface area contributed by atoms with Crippen LogP contribution in [-0.2, 0) is 4.74 Å². The van der Waals surface area contributed by atoms with Crippen molar-refractivity contribution in [3.05, 3.63) is 24.9 Å². The second kappa shape index (κ2) is 6.46. The van der Waals surface area contributed by atoms with E-state index in [-0.39, 0.29) is 18.1 Å². The maximum absolute atomic E-state index is 11.8. The molecule has 8 heteroatoms. The van der Waals surface area contributed by atoms with Crippen LogP contribution in [0.1, 0.15) is 34.0 Å². The summed E-state index contributed by atoms with van der Waals surface area (Å²) in [5, 5.41) is 0.634. The molecule has 20 heavy (non-hydrogen) atoms. The van der Waals surface area contributed by atoms with Crippen molar-refractivity contribution in [2.45, 2.75) is 13.8 Å². The normalized spacial score (nSPS) is 10.6. The summed E-state index contributed by atoms with van der Waals surface area (Å²) in [5.41, 5.74) is 0.0972. The van der Waals surface area contributed by atoms with Crippen LogP contribution in [0.15, 0.2) is 14.3 Å². The van der Waals surface area contributed by atoms with Crippen molar-refractivity contribution >= 4 is 66.3 Å². The van der Waals surface area contributed by atoms with Gasteiger partial charge in [-0.2, -0.15) is 0 Å². The van der Waals surface area contributed by atoms with Gasteiger partial charge < -0.3 is 4.74 Å². The highest BCUT2D eigenvalue weighted by atomic mass is 79.9. The molecule has 0 spiro atoms. The first kappa shape index (κ1) is 15.8. The van der Waals surface area contributed by atoms with Crippen molar-refractivity contribution in [1.29, 1.82) is 0 Å². The molecule has 0 amide bonds. The number of carbonyl (C=O) groups is 2. The van der Waals surface area contributed by atoms with E-state index < -0.39 is 5.97 Å². The Labute approximate surface area is 140 Å². The molecule has 0 fully saturated rings. The number of hydrogen-bond acceptors (Lipinski definition) is 6. The minimum absolute atomic E-state index is 0.0972. The van der Waals surface area contributed by atoms with E-state index in [2.05, 4.69) is 36.8 Å². The monoisotopic (exact) mass is 437 g/mol. The molecule has 106 valence electrons. The molecule has 0 radical (unpaired) electrons. The highest BCUT2D eigenvalue weighted by Gasteiger charge is 2.23. The van der Waals surface area contributed by atoms with Crippen LogP contribution in [0.25, 0.3) is 9.88 Å². The lowest BCUT2D eigenvalue weighted by Crippen LogP contribution is -2.09. The van der Waals surface area contributed by atoms with Gasteiger partial charge in [0, 0.05) is 11.4 Å². The molecular weight excluding hydrogens is 430 g/mol. The molecule has 0 N–H and O–H groups in total. The van der Waals surface area contributed by atoms with Crippen LogP contribution in [0, 0.1) is 0 Å². The van der Waals surface area contributed by atoms with E-state index in [4.69, 9.17) is 4.74 Å². The van der Waals surface area contributed by atoms with Gasteiger partial charge in [0.05, 0.1) is 15.3 Å². The molecule has 2 aromatic heterocycles. The zero-order valence-corrected chi connectivity index (χ0v) is 15.3. The maximum atomic E-state index is 11.8. The molecule has 0 saturated carbocycles. The van der Waals surface area contributed by atoms with Gasteiger partial charge in [0.15, 0.2) is 11.5 Å². The fourth-order valence-corrected chi connectivity index (χ4v) is 4.48. The smallest absolute Gasteiger partial charge is 0.358 e. The standard InChI is InChI=1S/C12H9Br2NO3S2/c1-3-18-12(17)8-9(5(2)16)20-11(15-8)7-4-6(13)10(14)19-7/h4H,3H2,1-2H3. The Kier molecular flexibility index (Phi) is 5.11. The summed E-state index contributed by atoms with van der Waals surface area (Å²) in [6.45, 7) is 3.38. The average Bonchev–Trinajstić information content (AvgIpc) is 2.95. The van der Waals surface area contributed by atoms with E-state index in [1.165, 1.54) is 29.6 Å². The van der Waals surface area contributed by atoms with Gasteiger partial charge in [-0.25, -0.2) is 9.78 Å². The number of nitrogens with zero attached hydrogens (tertiary/aromatic N) is 1. The van der Waals surface area contributed by atoms with E-state index in [1.807, 2.05) is 6.07 Å². The van der Waals surface area contributed by atoms with E-state index in [0.717, 1.165) is 13.1 Å². The summed E-state index contributed by atoms with van der Waals surface area (Å²) >= 11 is 9.50. The number of aromatic nitrogens is 1. The maximum Gasteiger partial charge on any atom is 0.358 e.